The van der Waals surface area contributed by atoms with Crippen LogP contribution in [0.1, 0.15) is 5.69 Å². The van der Waals surface area contributed by atoms with Crippen LogP contribution in [0, 0.1) is 12.7 Å². The van der Waals surface area contributed by atoms with E-state index in [0.29, 0.717) is 5.69 Å². The number of rotatable bonds is 3. The zero-order valence-electron chi connectivity index (χ0n) is 10.4. The second kappa shape index (κ2) is 5.26. The van der Waals surface area contributed by atoms with E-state index >= 15 is 0 Å². The molecule has 0 aliphatic rings. The van der Waals surface area contributed by atoms with Gasteiger partial charge in [-0.2, -0.15) is 0 Å². The van der Waals surface area contributed by atoms with Crippen LogP contribution in [0.25, 0.3) is 0 Å². The van der Waals surface area contributed by atoms with Gasteiger partial charge in [-0.05, 0) is 37.3 Å². The van der Waals surface area contributed by atoms with Crippen molar-refractivity contribution in [3.8, 4) is 0 Å². The number of nitrogens with two attached hydrogens (primary N) is 1. The average Bonchev–Trinajstić information content (AvgIpc) is 2.32. The number of aromatic nitrogens is 1. The van der Waals surface area contributed by atoms with Gasteiger partial charge in [-0.25, -0.2) is 17.8 Å². The van der Waals surface area contributed by atoms with Crippen LogP contribution in [0.3, 0.4) is 0 Å². The fourth-order valence-electron chi connectivity index (χ4n) is 1.60. The molecular weight excluding hydrogens is 305 g/mol. The molecule has 0 spiro atoms. The molecule has 0 aliphatic carbocycles. The third-order valence-corrected chi connectivity index (χ3v) is 4.21. The van der Waals surface area contributed by atoms with Gasteiger partial charge in [0.15, 0.2) is 0 Å². The first kappa shape index (κ1) is 14.5. The Bertz CT molecular complexity index is 765. The quantitative estimate of drug-likeness (QED) is 0.673. The number of benzene rings is 1. The van der Waals surface area contributed by atoms with E-state index in [1.54, 1.807) is 6.92 Å². The molecule has 0 amide bonds. The summed E-state index contributed by atoms with van der Waals surface area (Å²) >= 11 is 5.70. The van der Waals surface area contributed by atoms with Crippen molar-refractivity contribution in [3.63, 3.8) is 0 Å². The van der Waals surface area contributed by atoms with E-state index < -0.39 is 15.8 Å². The van der Waals surface area contributed by atoms with Gasteiger partial charge in [0.05, 0.1) is 17.1 Å². The highest BCUT2D eigenvalue weighted by Gasteiger charge is 2.19. The average molecular weight is 316 g/mol. The lowest BCUT2D eigenvalue weighted by molar-refractivity contribution is 0.600. The normalized spacial score (nSPS) is 11.3. The standard InChI is InChI=1S/C12H11ClFN3O2S/c1-7-10(3-5-12(13)16-7)17-20(18,19)11-4-2-8(14)6-9(11)15/h2-6,17H,15H2,1H3. The molecule has 2 aromatic rings. The number of nitrogens with one attached hydrogen (secondary N) is 1. The zero-order chi connectivity index (χ0) is 14.9. The minimum atomic E-state index is -3.92. The summed E-state index contributed by atoms with van der Waals surface area (Å²) in [6.07, 6.45) is 0. The lowest BCUT2D eigenvalue weighted by Crippen LogP contribution is -2.16. The molecule has 20 heavy (non-hydrogen) atoms. The largest absolute Gasteiger partial charge is 0.398 e. The van der Waals surface area contributed by atoms with E-state index in [0.717, 1.165) is 18.2 Å². The van der Waals surface area contributed by atoms with Gasteiger partial charge in [0.1, 0.15) is 15.9 Å². The van der Waals surface area contributed by atoms with Crippen LogP contribution in [-0.2, 0) is 10.0 Å². The second-order valence-corrected chi connectivity index (χ2v) is 6.09. The number of aryl methyl sites for hydroxylation is 1. The Morgan fingerprint density at radius 1 is 1.30 bits per heavy atom. The van der Waals surface area contributed by atoms with E-state index in [9.17, 15) is 12.8 Å². The third kappa shape index (κ3) is 3.00. The number of pyridine rings is 1. The highest BCUT2D eigenvalue weighted by Crippen LogP contribution is 2.24. The summed E-state index contributed by atoms with van der Waals surface area (Å²) in [5, 5.41) is 0.256. The number of anilines is 2. The van der Waals surface area contributed by atoms with E-state index in [1.165, 1.54) is 12.1 Å². The van der Waals surface area contributed by atoms with Crippen molar-refractivity contribution in [2.45, 2.75) is 11.8 Å². The first-order valence-corrected chi connectivity index (χ1v) is 7.37. The Labute approximate surface area is 120 Å². The second-order valence-electron chi connectivity index (χ2n) is 4.05. The highest BCUT2D eigenvalue weighted by molar-refractivity contribution is 7.92. The van der Waals surface area contributed by atoms with E-state index in [1.807, 2.05) is 0 Å². The first-order valence-electron chi connectivity index (χ1n) is 5.50. The monoisotopic (exact) mass is 315 g/mol. The molecule has 0 unspecified atom stereocenters. The minimum Gasteiger partial charge on any atom is -0.398 e. The molecule has 5 nitrogen and oxygen atoms in total. The summed E-state index contributed by atoms with van der Waals surface area (Å²) in [6, 6.07) is 6.02. The van der Waals surface area contributed by atoms with Crippen molar-refractivity contribution in [2.24, 2.45) is 0 Å². The van der Waals surface area contributed by atoms with E-state index in [2.05, 4.69) is 9.71 Å². The van der Waals surface area contributed by atoms with Gasteiger partial charge in [-0.15, -0.1) is 0 Å². The van der Waals surface area contributed by atoms with Crippen LogP contribution in [-0.4, -0.2) is 13.4 Å². The molecule has 0 fully saturated rings. The molecule has 1 heterocycles. The fourth-order valence-corrected chi connectivity index (χ4v) is 3.02. The van der Waals surface area contributed by atoms with Crippen LogP contribution < -0.4 is 10.5 Å². The molecule has 106 valence electrons. The van der Waals surface area contributed by atoms with E-state index in [4.69, 9.17) is 17.3 Å². The Hall–Kier alpha value is -1.86. The molecule has 0 radical (unpaired) electrons. The Morgan fingerprint density at radius 2 is 2.00 bits per heavy atom. The van der Waals surface area contributed by atoms with Crippen LogP contribution in [0.5, 0.6) is 0 Å². The van der Waals surface area contributed by atoms with Crippen LogP contribution in [0.2, 0.25) is 5.15 Å². The predicted molar refractivity (Wildman–Crippen MR) is 75.6 cm³/mol. The molecule has 0 aliphatic heterocycles. The van der Waals surface area contributed by atoms with Gasteiger partial charge in [0, 0.05) is 0 Å². The molecule has 1 aromatic carbocycles. The number of hydrogen-bond acceptors (Lipinski definition) is 4. The zero-order valence-corrected chi connectivity index (χ0v) is 12.0. The molecule has 0 bridgehead atoms. The van der Waals surface area contributed by atoms with Gasteiger partial charge in [-0.3, -0.25) is 4.72 Å². The molecule has 1 aromatic heterocycles. The van der Waals surface area contributed by atoms with Crippen LogP contribution in [0.15, 0.2) is 35.2 Å². The van der Waals surface area contributed by atoms with Gasteiger partial charge in [0.25, 0.3) is 10.0 Å². The van der Waals surface area contributed by atoms with Crippen molar-refractivity contribution in [1.29, 1.82) is 0 Å². The van der Waals surface area contributed by atoms with Gasteiger partial charge >= 0.3 is 0 Å². The summed E-state index contributed by atoms with van der Waals surface area (Å²) in [4.78, 5) is 3.73. The predicted octanol–water partition coefficient (Wildman–Crippen LogP) is 2.57. The maximum atomic E-state index is 13.0. The Kier molecular flexibility index (Phi) is 3.82. The smallest absolute Gasteiger partial charge is 0.264 e. The lowest BCUT2D eigenvalue weighted by atomic mass is 10.3. The maximum Gasteiger partial charge on any atom is 0.264 e. The Balaban J connectivity index is 2.41. The van der Waals surface area contributed by atoms with E-state index in [-0.39, 0.29) is 21.4 Å². The molecule has 0 atom stereocenters. The SMILES string of the molecule is Cc1nc(Cl)ccc1NS(=O)(=O)c1ccc(F)cc1N. The molecule has 3 N–H and O–H groups in total. The number of sulfonamides is 1. The fraction of sp³-hybridized carbons (Fsp3) is 0.0833. The summed E-state index contributed by atoms with van der Waals surface area (Å²) in [7, 11) is -3.92. The molecule has 2 rings (SSSR count). The summed E-state index contributed by atoms with van der Waals surface area (Å²) in [5.41, 5.74) is 6.05. The van der Waals surface area contributed by atoms with Gasteiger partial charge in [0.2, 0.25) is 0 Å². The molecule has 8 heteroatoms. The first-order chi connectivity index (χ1) is 9.29. The van der Waals surface area contributed by atoms with Gasteiger partial charge in [-0.1, -0.05) is 11.6 Å². The molecule has 0 saturated carbocycles. The van der Waals surface area contributed by atoms with Crippen molar-refractivity contribution < 1.29 is 12.8 Å². The lowest BCUT2D eigenvalue weighted by Gasteiger charge is -2.11. The van der Waals surface area contributed by atoms with Crippen molar-refractivity contribution in [2.75, 3.05) is 10.5 Å². The number of nitrogens with zero attached hydrogens (tertiary/aromatic N) is 1. The topological polar surface area (TPSA) is 85.1 Å². The van der Waals surface area contributed by atoms with Crippen LogP contribution >= 0.6 is 11.6 Å². The molecule has 0 saturated heterocycles. The number of nitrogen functional groups attached to an aromatic ring is 1. The summed E-state index contributed by atoms with van der Waals surface area (Å²) < 4.78 is 39.7. The number of hydrogen-bond donors (Lipinski definition) is 2. The molecular formula is C12H11ClFN3O2S. The van der Waals surface area contributed by atoms with Crippen molar-refractivity contribution in [1.82, 2.24) is 4.98 Å². The van der Waals surface area contributed by atoms with Gasteiger partial charge < -0.3 is 5.73 Å². The third-order valence-electron chi connectivity index (χ3n) is 2.56. The maximum absolute atomic E-state index is 13.0. The number of halogens is 2. The van der Waals surface area contributed by atoms with Crippen LogP contribution in [0.4, 0.5) is 15.8 Å². The summed E-state index contributed by atoms with van der Waals surface area (Å²) in [6.45, 7) is 1.61. The minimum absolute atomic E-state index is 0.169. The summed E-state index contributed by atoms with van der Waals surface area (Å²) in [5.74, 6) is -0.606. The highest BCUT2D eigenvalue weighted by atomic mass is 35.5. The van der Waals surface area contributed by atoms with Crippen molar-refractivity contribution >= 4 is 33.0 Å². The van der Waals surface area contributed by atoms with Crippen molar-refractivity contribution in [3.05, 3.63) is 47.0 Å². The Morgan fingerprint density at radius 3 is 2.60 bits per heavy atom.